The molecular formula is C8H14N4S. The Morgan fingerprint density at radius 2 is 2.54 bits per heavy atom. The van der Waals surface area contributed by atoms with Crippen LogP contribution in [0, 0.1) is 0 Å². The van der Waals surface area contributed by atoms with E-state index in [0.29, 0.717) is 0 Å². The van der Waals surface area contributed by atoms with Crippen molar-refractivity contribution >= 4 is 16.7 Å². The fraction of sp³-hybridized carbons (Fsp3) is 0.750. The Balaban J connectivity index is 1.63. The number of nitrogens with one attached hydrogen (secondary N) is 1. The Kier molecular flexibility index (Phi) is 2.75. The van der Waals surface area contributed by atoms with Crippen LogP contribution in [0.3, 0.4) is 0 Å². The first kappa shape index (κ1) is 8.90. The number of hydrogen-bond donors (Lipinski definition) is 1. The van der Waals surface area contributed by atoms with E-state index >= 15 is 0 Å². The third-order valence-electron chi connectivity index (χ3n) is 2.27. The molecule has 4 nitrogen and oxygen atoms in total. The Labute approximate surface area is 82.1 Å². The second kappa shape index (κ2) is 4.02. The van der Waals surface area contributed by atoms with Crippen molar-refractivity contribution in [2.45, 2.75) is 18.9 Å². The maximum atomic E-state index is 4.05. The van der Waals surface area contributed by atoms with Crippen LogP contribution < -0.4 is 5.32 Å². The Hall–Kier alpha value is -0.680. The predicted molar refractivity (Wildman–Crippen MR) is 54.1 cm³/mol. The van der Waals surface area contributed by atoms with Gasteiger partial charge >= 0.3 is 0 Å². The van der Waals surface area contributed by atoms with E-state index in [9.17, 15) is 0 Å². The molecule has 1 heterocycles. The molecule has 72 valence electrons. The molecule has 1 N–H and O–H groups in total. The van der Waals surface area contributed by atoms with Crippen molar-refractivity contribution in [2.75, 3.05) is 25.5 Å². The molecule has 0 atom stereocenters. The van der Waals surface area contributed by atoms with Gasteiger partial charge in [0, 0.05) is 30.7 Å². The Morgan fingerprint density at radius 1 is 1.69 bits per heavy atom. The van der Waals surface area contributed by atoms with E-state index in [-0.39, 0.29) is 0 Å². The summed E-state index contributed by atoms with van der Waals surface area (Å²) in [5.41, 5.74) is 0. The molecule has 0 spiro atoms. The van der Waals surface area contributed by atoms with Crippen LogP contribution in [-0.4, -0.2) is 40.4 Å². The van der Waals surface area contributed by atoms with Crippen LogP contribution in [0.15, 0.2) is 6.33 Å². The maximum absolute atomic E-state index is 4.05. The summed E-state index contributed by atoms with van der Waals surface area (Å²) < 4.78 is 3.92. The van der Waals surface area contributed by atoms with Crippen molar-refractivity contribution in [3.8, 4) is 0 Å². The predicted octanol–water partition coefficient (Wildman–Crippen LogP) is 1.04. The molecule has 0 aromatic carbocycles. The van der Waals surface area contributed by atoms with E-state index in [1.54, 1.807) is 6.33 Å². The van der Waals surface area contributed by atoms with E-state index in [1.165, 1.54) is 24.4 Å². The van der Waals surface area contributed by atoms with E-state index in [0.717, 1.165) is 24.3 Å². The van der Waals surface area contributed by atoms with Crippen molar-refractivity contribution in [3.05, 3.63) is 6.33 Å². The zero-order chi connectivity index (χ0) is 9.10. The van der Waals surface area contributed by atoms with Crippen molar-refractivity contribution in [1.82, 2.24) is 14.3 Å². The van der Waals surface area contributed by atoms with Gasteiger partial charge in [0.25, 0.3) is 0 Å². The molecule has 1 fully saturated rings. The molecule has 0 saturated heterocycles. The lowest BCUT2D eigenvalue weighted by molar-refractivity contribution is 0.337. The van der Waals surface area contributed by atoms with Gasteiger partial charge in [-0.1, -0.05) is 0 Å². The average molecular weight is 198 g/mol. The first-order chi connectivity index (χ1) is 6.36. The summed E-state index contributed by atoms with van der Waals surface area (Å²) >= 11 is 1.41. The zero-order valence-electron chi connectivity index (χ0n) is 7.73. The van der Waals surface area contributed by atoms with Crippen LogP contribution in [0.4, 0.5) is 5.13 Å². The molecule has 0 bridgehead atoms. The van der Waals surface area contributed by atoms with Crippen molar-refractivity contribution in [1.29, 1.82) is 0 Å². The molecule has 0 unspecified atom stereocenters. The molecule has 1 aromatic heterocycles. The van der Waals surface area contributed by atoms with Gasteiger partial charge in [-0.2, -0.15) is 4.37 Å². The largest absolute Gasteiger partial charge is 0.359 e. The fourth-order valence-corrected chi connectivity index (χ4v) is 1.74. The maximum Gasteiger partial charge on any atom is 0.202 e. The quantitative estimate of drug-likeness (QED) is 0.767. The van der Waals surface area contributed by atoms with Gasteiger partial charge in [0.15, 0.2) is 0 Å². The molecule has 2 rings (SSSR count). The molecule has 1 aliphatic rings. The van der Waals surface area contributed by atoms with Crippen LogP contribution in [0.2, 0.25) is 0 Å². The van der Waals surface area contributed by atoms with Crippen LogP contribution in [0.1, 0.15) is 12.8 Å². The van der Waals surface area contributed by atoms with Crippen molar-refractivity contribution in [3.63, 3.8) is 0 Å². The molecule has 0 radical (unpaired) electrons. The Bertz CT molecular complexity index is 245. The zero-order valence-corrected chi connectivity index (χ0v) is 8.55. The van der Waals surface area contributed by atoms with Gasteiger partial charge in [0.05, 0.1) is 0 Å². The van der Waals surface area contributed by atoms with Crippen LogP contribution >= 0.6 is 11.5 Å². The summed E-state index contributed by atoms with van der Waals surface area (Å²) in [6.45, 7) is 2.05. The highest BCUT2D eigenvalue weighted by Crippen LogP contribution is 2.24. The van der Waals surface area contributed by atoms with Gasteiger partial charge in [0.1, 0.15) is 6.33 Å². The van der Waals surface area contributed by atoms with Gasteiger partial charge in [-0.15, -0.1) is 0 Å². The first-order valence-electron chi connectivity index (χ1n) is 4.57. The first-order valence-corrected chi connectivity index (χ1v) is 5.34. The van der Waals surface area contributed by atoms with Gasteiger partial charge in [-0.3, -0.25) is 0 Å². The monoisotopic (exact) mass is 198 g/mol. The van der Waals surface area contributed by atoms with E-state index < -0.39 is 0 Å². The number of likely N-dealkylation sites (N-methyl/N-ethyl adjacent to an activating group) is 1. The lowest BCUT2D eigenvalue weighted by atomic mass is 10.5. The summed E-state index contributed by atoms with van der Waals surface area (Å²) in [6.07, 6.45) is 4.32. The highest BCUT2D eigenvalue weighted by molar-refractivity contribution is 7.09. The number of nitrogens with zero attached hydrogens (tertiary/aromatic N) is 3. The average Bonchev–Trinajstić information content (AvgIpc) is 2.86. The molecule has 0 amide bonds. The third-order valence-corrected chi connectivity index (χ3v) is 2.89. The second-order valence-electron chi connectivity index (χ2n) is 3.38. The number of aromatic nitrogens is 2. The molecule has 1 aromatic rings. The van der Waals surface area contributed by atoms with Gasteiger partial charge in [-0.05, 0) is 19.9 Å². The van der Waals surface area contributed by atoms with E-state index in [4.69, 9.17) is 0 Å². The minimum atomic E-state index is 0.844. The minimum absolute atomic E-state index is 0.844. The molecule has 0 aliphatic heterocycles. The molecule has 5 heteroatoms. The van der Waals surface area contributed by atoms with Gasteiger partial charge < -0.3 is 10.2 Å². The molecule has 1 aliphatic carbocycles. The summed E-state index contributed by atoms with van der Waals surface area (Å²) in [5, 5.41) is 4.16. The highest BCUT2D eigenvalue weighted by atomic mass is 32.1. The number of anilines is 1. The molecule has 1 saturated carbocycles. The topological polar surface area (TPSA) is 41.0 Å². The minimum Gasteiger partial charge on any atom is -0.359 e. The van der Waals surface area contributed by atoms with E-state index in [1.807, 2.05) is 0 Å². The van der Waals surface area contributed by atoms with Crippen LogP contribution in [-0.2, 0) is 0 Å². The normalized spacial score (nSPS) is 16.5. The second-order valence-corrected chi connectivity index (χ2v) is 4.17. The summed E-state index contributed by atoms with van der Waals surface area (Å²) in [5.74, 6) is 0. The van der Waals surface area contributed by atoms with Crippen LogP contribution in [0.5, 0.6) is 0 Å². The summed E-state index contributed by atoms with van der Waals surface area (Å²) in [4.78, 5) is 6.45. The lowest BCUT2D eigenvalue weighted by Crippen LogP contribution is -2.26. The van der Waals surface area contributed by atoms with Crippen molar-refractivity contribution < 1.29 is 0 Å². The van der Waals surface area contributed by atoms with Crippen molar-refractivity contribution in [2.24, 2.45) is 0 Å². The molecular weight excluding hydrogens is 184 g/mol. The third kappa shape index (κ3) is 2.63. The van der Waals surface area contributed by atoms with Crippen LogP contribution in [0.25, 0.3) is 0 Å². The molecule has 13 heavy (non-hydrogen) atoms. The highest BCUT2D eigenvalue weighted by Gasteiger charge is 2.25. The fourth-order valence-electron chi connectivity index (χ4n) is 1.29. The summed E-state index contributed by atoms with van der Waals surface area (Å²) in [6, 6.07) is 0.844. The van der Waals surface area contributed by atoms with Gasteiger partial charge in [0.2, 0.25) is 5.13 Å². The van der Waals surface area contributed by atoms with E-state index in [2.05, 4.69) is 26.6 Å². The number of hydrogen-bond acceptors (Lipinski definition) is 5. The Morgan fingerprint density at radius 3 is 3.15 bits per heavy atom. The number of rotatable bonds is 5. The SMILES string of the molecule is CN(CCNc1ncns1)C1CC1. The summed E-state index contributed by atoms with van der Waals surface area (Å²) in [7, 11) is 2.18. The lowest BCUT2D eigenvalue weighted by Gasteiger charge is -2.14. The standard InChI is InChI=1S/C8H14N4S/c1-12(7-2-3-7)5-4-9-8-10-6-11-13-8/h6-7H,2-5H2,1H3,(H,9,10,11). The van der Waals surface area contributed by atoms with Gasteiger partial charge in [-0.25, -0.2) is 4.98 Å². The smallest absolute Gasteiger partial charge is 0.202 e.